The molecule has 1 saturated heterocycles. The van der Waals surface area contributed by atoms with Crippen LogP contribution in [0.15, 0.2) is 12.3 Å². The third-order valence-electron chi connectivity index (χ3n) is 5.55. The molecule has 4 heteroatoms. The molecule has 1 fully saturated rings. The van der Waals surface area contributed by atoms with Crippen LogP contribution in [0.2, 0.25) is 0 Å². The van der Waals surface area contributed by atoms with Gasteiger partial charge in [0.05, 0.1) is 5.69 Å². The average molecular weight is 292 g/mol. The summed E-state index contributed by atoms with van der Waals surface area (Å²) in [5.41, 5.74) is 1.47. The molecule has 0 saturated carbocycles. The van der Waals surface area contributed by atoms with E-state index in [0.717, 1.165) is 25.6 Å². The summed E-state index contributed by atoms with van der Waals surface area (Å²) in [6.07, 6.45) is 5.66. The van der Waals surface area contributed by atoms with Gasteiger partial charge < -0.3 is 5.32 Å². The molecular formula is C17H32N4. The Kier molecular flexibility index (Phi) is 5.44. The summed E-state index contributed by atoms with van der Waals surface area (Å²) in [6.45, 7) is 12.5. The van der Waals surface area contributed by atoms with Crippen molar-refractivity contribution in [1.82, 2.24) is 20.0 Å². The summed E-state index contributed by atoms with van der Waals surface area (Å²) in [7, 11) is 2.00. The van der Waals surface area contributed by atoms with Crippen LogP contribution in [0.1, 0.15) is 52.7 Å². The minimum Gasteiger partial charge on any atom is -0.311 e. The molecule has 0 aromatic carbocycles. The van der Waals surface area contributed by atoms with E-state index in [4.69, 9.17) is 0 Å². The van der Waals surface area contributed by atoms with Crippen LogP contribution >= 0.6 is 0 Å². The molecule has 21 heavy (non-hydrogen) atoms. The SMILES string of the molecule is CCC(C)C1CN(Cc2ccn(C)n2)C(CC)(CC)CN1. The van der Waals surface area contributed by atoms with Crippen LogP contribution in [0.4, 0.5) is 0 Å². The molecule has 0 amide bonds. The van der Waals surface area contributed by atoms with E-state index in [2.05, 4.69) is 49.1 Å². The van der Waals surface area contributed by atoms with Crippen molar-refractivity contribution in [2.24, 2.45) is 13.0 Å². The van der Waals surface area contributed by atoms with Crippen molar-refractivity contribution < 1.29 is 0 Å². The Morgan fingerprint density at radius 2 is 2.10 bits per heavy atom. The van der Waals surface area contributed by atoms with Crippen LogP contribution < -0.4 is 5.32 Å². The fourth-order valence-corrected chi connectivity index (χ4v) is 3.52. The Bertz CT molecular complexity index is 436. The summed E-state index contributed by atoms with van der Waals surface area (Å²) in [6, 6.07) is 2.75. The van der Waals surface area contributed by atoms with Gasteiger partial charge in [-0.2, -0.15) is 5.10 Å². The zero-order valence-electron chi connectivity index (χ0n) is 14.4. The van der Waals surface area contributed by atoms with E-state index < -0.39 is 0 Å². The largest absolute Gasteiger partial charge is 0.311 e. The summed E-state index contributed by atoms with van der Waals surface area (Å²) in [5.74, 6) is 0.725. The second-order valence-electron chi connectivity index (χ2n) is 6.67. The molecular weight excluding hydrogens is 260 g/mol. The van der Waals surface area contributed by atoms with Crippen molar-refractivity contribution in [2.45, 2.75) is 65.1 Å². The van der Waals surface area contributed by atoms with Crippen LogP contribution in [0.3, 0.4) is 0 Å². The Morgan fingerprint density at radius 1 is 1.38 bits per heavy atom. The third kappa shape index (κ3) is 3.49. The van der Waals surface area contributed by atoms with Crippen LogP contribution in [-0.4, -0.2) is 39.4 Å². The van der Waals surface area contributed by atoms with E-state index in [9.17, 15) is 0 Å². The number of nitrogens with one attached hydrogen (secondary N) is 1. The second kappa shape index (κ2) is 6.93. The van der Waals surface area contributed by atoms with Gasteiger partial charge in [0.2, 0.25) is 0 Å². The molecule has 0 aliphatic carbocycles. The van der Waals surface area contributed by atoms with Crippen molar-refractivity contribution in [1.29, 1.82) is 0 Å². The molecule has 120 valence electrons. The van der Waals surface area contributed by atoms with E-state index in [1.54, 1.807) is 0 Å². The quantitative estimate of drug-likeness (QED) is 0.875. The Morgan fingerprint density at radius 3 is 2.62 bits per heavy atom. The average Bonchev–Trinajstić information content (AvgIpc) is 2.92. The van der Waals surface area contributed by atoms with E-state index in [-0.39, 0.29) is 5.54 Å². The first-order chi connectivity index (χ1) is 10.0. The van der Waals surface area contributed by atoms with Crippen molar-refractivity contribution in [3.63, 3.8) is 0 Å². The predicted octanol–water partition coefficient (Wildman–Crippen LogP) is 2.80. The zero-order chi connectivity index (χ0) is 15.5. The number of aryl methyl sites for hydroxylation is 1. The lowest BCUT2D eigenvalue weighted by atomic mass is 9.84. The first kappa shape index (κ1) is 16.5. The summed E-state index contributed by atoms with van der Waals surface area (Å²) in [5, 5.41) is 8.40. The van der Waals surface area contributed by atoms with Gasteiger partial charge in [-0.25, -0.2) is 0 Å². The highest BCUT2D eigenvalue weighted by molar-refractivity contribution is 5.04. The van der Waals surface area contributed by atoms with Gasteiger partial charge in [0.25, 0.3) is 0 Å². The molecule has 1 aliphatic heterocycles. The van der Waals surface area contributed by atoms with Crippen molar-refractivity contribution >= 4 is 0 Å². The van der Waals surface area contributed by atoms with Crippen molar-refractivity contribution in [3.8, 4) is 0 Å². The Balaban J connectivity index is 2.16. The molecule has 0 spiro atoms. The highest BCUT2D eigenvalue weighted by atomic mass is 15.3. The summed E-state index contributed by atoms with van der Waals surface area (Å²) >= 11 is 0. The third-order valence-corrected chi connectivity index (χ3v) is 5.55. The fraction of sp³-hybridized carbons (Fsp3) is 0.824. The Labute approximate surface area is 129 Å². The molecule has 2 unspecified atom stereocenters. The molecule has 1 aromatic rings. The molecule has 1 aliphatic rings. The minimum absolute atomic E-state index is 0.279. The van der Waals surface area contributed by atoms with Gasteiger partial charge in [0, 0.05) is 44.5 Å². The minimum atomic E-state index is 0.279. The topological polar surface area (TPSA) is 33.1 Å². The van der Waals surface area contributed by atoms with Crippen LogP contribution in [0.25, 0.3) is 0 Å². The maximum absolute atomic E-state index is 4.58. The van der Waals surface area contributed by atoms with Gasteiger partial charge in [-0.05, 0) is 24.8 Å². The van der Waals surface area contributed by atoms with Gasteiger partial charge in [0.15, 0.2) is 0 Å². The maximum atomic E-state index is 4.58. The van der Waals surface area contributed by atoms with Crippen LogP contribution in [0.5, 0.6) is 0 Å². The maximum Gasteiger partial charge on any atom is 0.0764 e. The van der Waals surface area contributed by atoms with Gasteiger partial charge in [0.1, 0.15) is 0 Å². The first-order valence-electron chi connectivity index (χ1n) is 8.51. The second-order valence-corrected chi connectivity index (χ2v) is 6.67. The van der Waals surface area contributed by atoms with E-state index in [1.165, 1.54) is 25.0 Å². The molecule has 0 bridgehead atoms. The Hall–Kier alpha value is -0.870. The van der Waals surface area contributed by atoms with Gasteiger partial charge in [-0.1, -0.05) is 34.1 Å². The number of nitrogens with zero attached hydrogens (tertiary/aromatic N) is 3. The van der Waals surface area contributed by atoms with E-state index >= 15 is 0 Å². The molecule has 1 aromatic heterocycles. The molecule has 1 N–H and O–H groups in total. The van der Waals surface area contributed by atoms with Gasteiger partial charge in [-0.15, -0.1) is 0 Å². The summed E-state index contributed by atoms with van der Waals surface area (Å²) < 4.78 is 1.91. The molecule has 4 nitrogen and oxygen atoms in total. The monoisotopic (exact) mass is 292 g/mol. The highest BCUT2D eigenvalue weighted by Crippen LogP contribution is 2.30. The standard InChI is InChI=1S/C17H32N4/c1-6-14(4)16-12-21(11-15-9-10-20(5)19-15)17(7-2,8-3)13-18-16/h9-10,14,16,18H,6-8,11-13H2,1-5H3. The van der Waals surface area contributed by atoms with E-state index in [1.807, 2.05) is 17.9 Å². The molecule has 2 atom stereocenters. The molecule has 2 heterocycles. The lowest BCUT2D eigenvalue weighted by Gasteiger charge is -2.50. The number of piperazine rings is 1. The van der Waals surface area contributed by atoms with Crippen LogP contribution in [0, 0.1) is 5.92 Å². The number of hydrogen-bond donors (Lipinski definition) is 1. The number of rotatable bonds is 6. The lowest BCUT2D eigenvalue weighted by molar-refractivity contribution is 0.0126. The zero-order valence-corrected chi connectivity index (χ0v) is 14.4. The molecule has 0 radical (unpaired) electrons. The number of aromatic nitrogens is 2. The molecule has 2 rings (SSSR count). The predicted molar refractivity (Wildman–Crippen MR) is 88.2 cm³/mol. The lowest BCUT2D eigenvalue weighted by Crippen LogP contribution is -2.65. The summed E-state index contributed by atoms with van der Waals surface area (Å²) in [4.78, 5) is 2.68. The normalized spacial score (nSPS) is 24.1. The van der Waals surface area contributed by atoms with Crippen molar-refractivity contribution in [3.05, 3.63) is 18.0 Å². The smallest absolute Gasteiger partial charge is 0.0764 e. The van der Waals surface area contributed by atoms with E-state index in [0.29, 0.717) is 6.04 Å². The van der Waals surface area contributed by atoms with Gasteiger partial charge in [-0.3, -0.25) is 9.58 Å². The first-order valence-corrected chi connectivity index (χ1v) is 8.51. The fourth-order valence-electron chi connectivity index (χ4n) is 3.52. The highest BCUT2D eigenvalue weighted by Gasteiger charge is 2.39. The number of hydrogen-bond acceptors (Lipinski definition) is 3. The van der Waals surface area contributed by atoms with Crippen LogP contribution in [-0.2, 0) is 13.6 Å². The van der Waals surface area contributed by atoms with Crippen molar-refractivity contribution in [2.75, 3.05) is 13.1 Å². The van der Waals surface area contributed by atoms with Gasteiger partial charge >= 0.3 is 0 Å².